The zero-order valence-electron chi connectivity index (χ0n) is 16.7. The van der Waals surface area contributed by atoms with Crippen LogP contribution in [-0.4, -0.2) is 58.6 Å². The standard InChI is InChI=1S/C21H25N5O2S/c1-14-17-19(23-12-16-7-5-11-28-16)24-13-25-20(17)29-18(14)21(27)26(2)10-8-15-6-3-4-9-22-15/h3-4,6,9,13,16H,5,7-8,10-12H2,1-2H3,(H,23,24,25). The lowest BCUT2D eigenvalue weighted by Gasteiger charge is -2.16. The Morgan fingerprint density at radius 3 is 3.00 bits per heavy atom. The summed E-state index contributed by atoms with van der Waals surface area (Å²) in [5.74, 6) is 0.779. The third-order valence-corrected chi connectivity index (χ3v) is 6.41. The van der Waals surface area contributed by atoms with Crippen LogP contribution >= 0.6 is 11.3 Å². The van der Waals surface area contributed by atoms with Gasteiger partial charge in [-0.05, 0) is 37.5 Å². The molecule has 1 aliphatic rings. The van der Waals surface area contributed by atoms with Crippen LogP contribution in [0.15, 0.2) is 30.7 Å². The second-order valence-corrected chi connectivity index (χ2v) is 8.27. The van der Waals surface area contributed by atoms with Crippen molar-refractivity contribution in [3.8, 4) is 0 Å². The molecule has 0 radical (unpaired) electrons. The van der Waals surface area contributed by atoms with Crippen molar-refractivity contribution in [1.29, 1.82) is 0 Å². The molecule has 1 atom stereocenters. The van der Waals surface area contributed by atoms with Crippen molar-refractivity contribution >= 4 is 33.3 Å². The van der Waals surface area contributed by atoms with Crippen LogP contribution < -0.4 is 5.32 Å². The first-order chi connectivity index (χ1) is 14.1. The first kappa shape index (κ1) is 19.7. The minimum atomic E-state index is 0.00603. The van der Waals surface area contributed by atoms with Crippen molar-refractivity contribution in [3.63, 3.8) is 0 Å². The maximum atomic E-state index is 13.1. The molecule has 7 nitrogen and oxygen atoms in total. The van der Waals surface area contributed by atoms with Gasteiger partial charge in [-0.1, -0.05) is 6.07 Å². The van der Waals surface area contributed by atoms with Crippen molar-refractivity contribution in [2.75, 3.05) is 32.1 Å². The van der Waals surface area contributed by atoms with E-state index in [-0.39, 0.29) is 12.0 Å². The van der Waals surface area contributed by atoms with E-state index in [1.54, 1.807) is 17.4 Å². The number of pyridine rings is 1. The average molecular weight is 412 g/mol. The average Bonchev–Trinajstić information content (AvgIpc) is 3.39. The molecule has 1 amide bonds. The highest BCUT2D eigenvalue weighted by Crippen LogP contribution is 2.34. The third kappa shape index (κ3) is 4.38. The Morgan fingerprint density at radius 1 is 1.34 bits per heavy atom. The first-order valence-corrected chi connectivity index (χ1v) is 10.7. The molecule has 4 heterocycles. The molecular weight excluding hydrogens is 386 g/mol. The third-order valence-electron chi connectivity index (χ3n) is 5.22. The molecule has 0 aliphatic carbocycles. The summed E-state index contributed by atoms with van der Waals surface area (Å²) in [5.41, 5.74) is 1.90. The SMILES string of the molecule is Cc1c(C(=O)N(C)CCc2ccccn2)sc2ncnc(NCC3CCCO3)c12. The maximum absolute atomic E-state index is 13.1. The number of fused-ring (bicyclic) bond motifs is 1. The Morgan fingerprint density at radius 2 is 2.24 bits per heavy atom. The summed E-state index contributed by atoms with van der Waals surface area (Å²) < 4.78 is 5.69. The predicted octanol–water partition coefficient (Wildman–Crippen LogP) is 3.30. The summed E-state index contributed by atoms with van der Waals surface area (Å²) in [7, 11) is 1.83. The smallest absolute Gasteiger partial charge is 0.264 e. The van der Waals surface area contributed by atoms with Crippen molar-refractivity contribution in [2.45, 2.75) is 32.3 Å². The molecule has 1 saturated heterocycles. The number of carbonyl (C=O) groups excluding carboxylic acids is 1. The summed E-state index contributed by atoms with van der Waals surface area (Å²) in [4.78, 5) is 29.5. The molecule has 0 saturated carbocycles. The van der Waals surface area contributed by atoms with E-state index in [0.717, 1.165) is 53.2 Å². The van der Waals surface area contributed by atoms with Crippen molar-refractivity contribution < 1.29 is 9.53 Å². The largest absolute Gasteiger partial charge is 0.376 e. The molecule has 0 bridgehead atoms. The topological polar surface area (TPSA) is 80.2 Å². The molecule has 3 aromatic rings. The Balaban J connectivity index is 1.50. The monoisotopic (exact) mass is 411 g/mol. The van der Waals surface area contributed by atoms with Gasteiger partial charge in [0.15, 0.2) is 0 Å². The van der Waals surface area contributed by atoms with Crippen LogP contribution in [0.3, 0.4) is 0 Å². The minimum Gasteiger partial charge on any atom is -0.376 e. The van der Waals surface area contributed by atoms with Gasteiger partial charge in [0.05, 0.1) is 16.4 Å². The number of hydrogen-bond acceptors (Lipinski definition) is 7. The van der Waals surface area contributed by atoms with Crippen molar-refractivity contribution in [1.82, 2.24) is 19.9 Å². The second-order valence-electron chi connectivity index (χ2n) is 7.27. The number of thiophene rings is 1. The van der Waals surface area contributed by atoms with Crippen LogP contribution in [0.25, 0.3) is 10.2 Å². The lowest BCUT2D eigenvalue weighted by atomic mass is 10.1. The number of aryl methyl sites for hydroxylation is 1. The second kappa shape index (κ2) is 8.84. The molecule has 1 unspecified atom stereocenters. The number of rotatable bonds is 7. The van der Waals surface area contributed by atoms with Crippen LogP contribution in [0.5, 0.6) is 0 Å². The Hall–Kier alpha value is -2.58. The number of carbonyl (C=O) groups is 1. The van der Waals surface area contributed by atoms with E-state index in [4.69, 9.17) is 4.74 Å². The van der Waals surface area contributed by atoms with Gasteiger partial charge in [0.1, 0.15) is 17.0 Å². The lowest BCUT2D eigenvalue weighted by molar-refractivity contribution is 0.0800. The molecule has 1 N–H and O–H groups in total. The van der Waals surface area contributed by atoms with Gasteiger partial charge in [0, 0.05) is 45.1 Å². The normalized spacial score (nSPS) is 16.3. The van der Waals surface area contributed by atoms with Gasteiger partial charge in [-0.2, -0.15) is 0 Å². The van der Waals surface area contributed by atoms with Gasteiger partial charge >= 0.3 is 0 Å². The zero-order valence-corrected chi connectivity index (χ0v) is 17.5. The molecule has 1 aliphatic heterocycles. The van der Waals surface area contributed by atoms with E-state index in [0.29, 0.717) is 18.0 Å². The van der Waals surface area contributed by atoms with Gasteiger partial charge in [0.25, 0.3) is 5.91 Å². The van der Waals surface area contributed by atoms with E-state index in [9.17, 15) is 4.79 Å². The molecule has 8 heteroatoms. The Labute approximate surface area is 174 Å². The van der Waals surface area contributed by atoms with E-state index in [1.807, 2.05) is 32.2 Å². The highest BCUT2D eigenvalue weighted by Gasteiger charge is 2.22. The molecule has 0 aromatic carbocycles. The van der Waals surface area contributed by atoms with Crippen LogP contribution in [0.1, 0.15) is 33.8 Å². The fourth-order valence-corrected chi connectivity index (χ4v) is 4.67. The number of ether oxygens (including phenoxy) is 1. The minimum absolute atomic E-state index is 0.00603. The van der Waals surface area contributed by atoms with Crippen LogP contribution in [0.4, 0.5) is 5.82 Å². The lowest BCUT2D eigenvalue weighted by Crippen LogP contribution is -2.28. The quantitative estimate of drug-likeness (QED) is 0.643. The van der Waals surface area contributed by atoms with Gasteiger partial charge in [-0.3, -0.25) is 9.78 Å². The molecule has 152 valence electrons. The summed E-state index contributed by atoms with van der Waals surface area (Å²) in [6.07, 6.45) is 6.44. The van der Waals surface area contributed by atoms with Gasteiger partial charge in [-0.25, -0.2) is 9.97 Å². The van der Waals surface area contributed by atoms with Crippen LogP contribution in [0, 0.1) is 6.92 Å². The fraction of sp³-hybridized carbons (Fsp3) is 0.429. The summed E-state index contributed by atoms with van der Waals surface area (Å²) >= 11 is 1.43. The Kier molecular flexibility index (Phi) is 6.01. The van der Waals surface area contributed by atoms with E-state index in [1.165, 1.54) is 11.3 Å². The Bertz CT molecular complexity index is 985. The molecular formula is C21H25N5O2S. The van der Waals surface area contributed by atoms with Crippen molar-refractivity contribution in [2.24, 2.45) is 0 Å². The van der Waals surface area contributed by atoms with Crippen LogP contribution in [-0.2, 0) is 11.2 Å². The number of amides is 1. The van der Waals surface area contributed by atoms with Gasteiger partial charge in [-0.15, -0.1) is 11.3 Å². The number of nitrogens with zero attached hydrogens (tertiary/aromatic N) is 4. The number of nitrogens with one attached hydrogen (secondary N) is 1. The molecule has 1 fully saturated rings. The van der Waals surface area contributed by atoms with Gasteiger partial charge < -0.3 is 15.0 Å². The first-order valence-electron chi connectivity index (χ1n) is 9.88. The van der Waals surface area contributed by atoms with E-state index < -0.39 is 0 Å². The number of aromatic nitrogens is 3. The zero-order chi connectivity index (χ0) is 20.2. The van der Waals surface area contributed by atoms with Crippen LogP contribution in [0.2, 0.25) is 0 Å². The molecule has 29 heavy (non-hydrogen) atoms. The predicted molar refractivity (Wildman–Crippen MR) is 115 cm³/mol. The van der Waals surface area contributed by atoms with E-state index >= 15 is 0 Å². The number of anilines is 1. The molecule has 0 spiro atoms. The van der Waals surface area contributed by atoms with Crippen molar-refractivity contribution in [3.05, 3.63) is 46.9 Å². The number of likely N-dealkylation sites (N-methyl/N-ethyl adjacent to an activating group) is 1. The number of hydrogen-bond donors (Lipinski definition) is 1. The van der Waals surface area contributed by atoms with Gasteiger partial charge in [0.2, 0.25) is 0 Å². The molecule has 3 aromatic heterocycles. The fourth-order valence-electron chi connectivity index (χ4n) is 3.53. The summed E-state index contributed by atoms with van der Waals surface area (Å²) in [5, 5.41) is 4.32. The van der Waals surface area contributed by atoms with E-state index in [2.05, 4.69) is 20.3 Å². The highest BCUT2D eigenvalue weighted by molar-refractivity contribution is 7.20. The summed E-state index contributed by atoms with van der Waals surface area (Å²) in [6.45, 7) is 4.12. The molecule has 4 rings (SSSR count). The highest BCUT2D eigenvalue weighted by atomic mass is 32.1. The maximum Gasteiger partial charge on any atom is 0.264 e. The summed E-state index contributed by atoms with van der Waals surface area (Å²) in [6, 6.07) is 5.83.